The van der Waals surface area contributed by atoms with Crippen molar-refractivity contribution in [3.63, 3.8) is 0 Å². The zero-order valence-electron chi connectivity index (χ0n) is 11.8. The van der Waals surface area contributed by atoms with Crippen LogP contribution in [-0.2, 0) is 0 Å². The Morgan fingerprint density at radius 3 is 2.76 bits per heavy atom. The summed E-state index contributed by atoms with van der Waals surface area (Å²) in [6.07, 6.45) is 0. The molecule has 0 aliphatic heterocycles. The lowest BCUT2D eigenvalue weighted by Gasteiger charge is -2.18. The van der Waals surface area contributed by atoms with Crippen LogP contribution in [0.5, 0.6) is 0 Å². The first-order chi connectivity index (χ1) is 10.2. The molecule has 0 amide bonds. The third-order valence-corrected chi connectivity index (χ3v) is 4.06. The average molecular weight is 345 g/mol. The van der Waals surface area contributed by atoms with Crippen LogP contribution in [0.3, 0.4) is 0 Å². The van der Waals surface area contributed by atoms with Crippen molar-refractivity contribution in [2.75, 3.05) is 11.9 Å². The second-order valence-corrected chi connectivity index (χ2v) is 5.93. The minimum atomic E-state index is 0.0166. The Morgan fingerprint density at radius 2 is 2.00 bits per heavy atom. The number of halogens is 1. The Bertz CT molecular complexity index is 766. The molecule has 1 unspecified atom stereocenters. The molecule has 0 aliphatic carbocycles. The van der Waals surface area contributed by atoms with Gasteiger partial charge in [-0.2, -0.15) is 0 Å². The van der Waals surface area contributed by atoms with Crippen LogP contribution in [0.25, 0.3) is 11.0 Å². The van der Waals surface area contributed by atoms with E-state index in [1.54, 1.807) is 0 Å². The maximum atomic E-state index is 5.99. The van der Waals surface area contributed by atoms with Gasteiger partial charge in [-0.1, -0.05) is 40.2 Å². The smallest absolute Gasteiger partial charge is 0.134 e. The van der Waals surface area contributed by atoms with E-state index in [1.165, 1.54) is 0 Å². The molecule has 1 heterocycles. The predicted molar refractivity (Wildman–Crippen MR) is 90.5 cm³/mol. The van der Waals surface area contributed by atoms with E-state index in [9.17, 15) is 0 Å². The highest BCUT2D eigenvalue weighted by atomic mass is 79.9. The van der Waals surface area contributed by atoms with Crippen LogP contribution in [0.2, 0.25) is 0 Å². The van der Waals surface area contributed by atoms with Crippen LogP contribution in [0.15, 0.2) is 57.4 Å². The van der Waals surface area contributed by atoms with Gasteiger partial charge in [-0.3, -0.25) is 0 Å². The lowest BCUT2D eigenvalue weighted by Crippen LogP contribution is -2.21. The van der Waals surface area contributed by atoms with Crippen molar-refractivity contribution >= 4 is 32.6 Å². The normalized spacial score (nSPS) is 12.5. The Kier molecular flexibility index (Phi) is 3.99. The number of fused-ring (bicyclic) bond motifs is 1. The molecule has 1 atom stereocenters. The van der Waals surface area contributed by atoms with Gasteiger partial charge in [0.25, 0.3) is 0 Å². The molecule has 2 aromatic carbocycles. The van der Waals surface area contributed by atoms with E-state index in [-0.39, 0.29) is 6.04 Å². The number of aryl methyl sites for hydroxylation is 1. The number of benzene rings is 2. The molecular formula is C17H17BrN2O. The highest BCUT2D eigenvalue weighted by molar-refractivity contribution is 9.10. The summed E-state index contributed by atoms with van der Waals surface area (Å²) in [5.41, 5.74) is 9.06. The first kappa shape index (κ1) is 14.2. The number of hydrogen-bond donors (Lipinski definition) is 2. The summed E-state index contributed by atoms with van der Waals surface area (Å²) in [6.45, 7) is 2.48. The van der Waals surface area contributed by atoms with E-state index in [2.05, 4.69) is 27.3 Å². The van der Waals surface area contributed by atoms with Gasteiger partial charge in [0.15, 0.2) is 0 Å². The summed E-state index contributed by atoms with van der Waals surface area (Å²) in [5.74, 6) is 0.911. The van der Waals surface area contributed by atoms with Gasteiger partial charge in [-0.15, -0.1) is 0 Å². The minimum absolute atomic E-state index is 0.0166. The third kappa shape index (κ3) is 2.82. The first-order valence-corrected chi connectivity index (χ1v) is 7.68. The van der Waals surface area contributed by atoms with Crippen molar-refractivity contribution in [3.8, 4) is 0 Å². The summed E-state index contributed by atoms with van der Waals surface area (Å²) >= 11 is 3.49. The molecular weight excluding hydrogens is 328 g/mol. The van der Waals surface area contributed by atoms with E-state index in [4.69, 9.17) is 10.2 Å². The molecule has 0 bridgehead atoms. The molecule has 108 valence electrons. The van der Waals surface area contributed by atoms with Crippen molar-refractivity contribution < 1.29 is 4.42 Å². The maximum Gasteiger partial charge on any atom is 0.134 e. The zero-order valence-corrected chi connectivity index (χ0v) is 13.4. The standard InChI is InChI=1S/C17H17BrN2O/c1-11-17(14-7-2-3-8-16(14)21-11)15(10-19)20-13-6-4-5-12(18)9-13/h2-9,15,20H,10,19H2,1H3. The number of furan rings is 1. The summed E-state index contributed by atoms with van der Waals surface area (Å²) in [6, 6.07) is 16.2. The van der Waals surface area contributed by atoms with Crippen molar-refractivity contribution in [1.82, 2.24) is 0 Å². The summed E-state index contributed by atoms with van der Waals surface area (Å²) < 4.78 is 6.88. The fourth-order valence-corrected chi connectivity index (χ4v) is 3.05. The first-order valence-electron chi connectivity index (χ1n) is 6.89. The van der Waals surface area contributed by atoms with E-state index in [0.717, 1.165) is 32.5 Å². The maximum absolute atomic E-state index is 5.99. The average Bonchev–Trinajstić information content (AvgIpc) is 2.81. The van der Waals surface area contributed by atoms with Gasteiger partial charge >= 0.3 is 0 Å². The van der Waals surface area contributed by atoms with Crippen LogP contribution >= 0.6 is 15.9 Å². The van der Waals surface area contributed by atoms with E-state index >= 15 is 0 Å². The van der Waals surface area contributed by atoms with Gasteiger partial charge in [0.1, 0.15) is 11.3 Å². The van der Waals surface area contributed by atoms with Gasteiger partial charge in [0, 0.05) is 27.7 Å². The SMILES string of the molecule is Cc1oc2ccccc2c1C(CN)Nc1cccc(Br)c1. The molecule has 0 fully saturated rings. The van der Waals surface area contributed by atoms with Gasteiger partial charge < -0.3 is 15.5 Å². The number of para-hydroxylation sites is 1. The highest BCUT2D eigenvalue weighted by Gasteiger charge is 2.19. The number of rotatable bonds is 4. The van der Waals surface area contributed by atoms with Crippen molar-refractivity contribution in [2.45, 2.75) is 13.0 Å². The Balaban J connectivity index is 2.00. The second-order valence-electron chi connectivity index (χ2n) is 5.01. The quantitative estimate of drug-likeness (QED) is 0.726. The van der Waals surface area contributed by atoms with Crippen molar-refractivity contribution in [1.29, 1.82) is 0 Å². The summed E-state index contributed by atoms with van der Waals surface area (Å²) in [7, 11) is 0. The number of nitrogens with one attached hydrogen (secondary N) is 1. The van der Waals surface area contributed by atoms with Gasteiger partial charge in [-0.25, -0.2) is 0 Å². The van der Waals surface area contributed by atoms with E-state index in [1.807, 2.05) is 49.4 Å². The fraction of sp³-hybridized carbons (Fsp3) is 0.176. The molecule has 0 radical (unpaired) electrons. The topological polar surface area (TPSA) is 51.2 Å². The van der Waals surface area contributed by atoms with Crippen LogP contribution in [0, 0.1) is 6.92 Å². The van der Waals surface area contributed by atoms with Crippen molar-refractivity contribution in [2.24, 2.45) is 5.73 Å². The Morgan fingerprint density at radius 1 is 1.19 bits per heavy atom. The molecule has 3 N–H and O–H groups in total. The molecule has 21 heavy (non-hydrogen) atoms. The zero-order chi connectivity index (χ0) is 14.8. The van der Waals surface area contributed by atoms with Crippen LogP contribution < -0.4 is 11.1 Å². The molecule has 4 heteroatoms. The lowest BCUT2D eigenvalue weighted by atomic mass is 10.0. The molecule has 0 saturated carbocycles. The van der Waals surface area contributed by atoms with Crippen LogP contribution in [0.4, 0.5) is 5.69 Å². The third-order valence-electron chi connectivity index (χ3n) is 3.57. The Labute approximate surface area is 132 Å². The van der Waals surface area contributed by atoms with Crippen LogP contribution in [0.1, 0.15) is 17.4 Å². The van der Waals surface area contributed by atoms with Gasteiger partial charge in [-0.05, 0) is 31.2 Å². The number of anilines is 1. The minimum Gasteiger partial charge on any atom is -0.461 e. The molecule has 0 aliphatic rings. The van der Waals surface area contributed by atoms with Crippen molar-refractivity contribution in [3.05, 3.63) is 64.3 Å². The van der Waals surface area contributed by atoms with Gasteiger partial charge in [0.05, 0.1) is 6.04 Å². The van der Waals surface area contributed by atoms with E-state index in [0.29, 0.717) is 6.54 Å². The fourth-order valence-electron chi connectivity index (χ4n) is 2.65. The van der Waals surface area contributed by atoms with Gasteiger partial charge in [0.2, 0.25) is 0 Å². The molecule has 1 aromatic heterocycles. The molecule has 0 spiro atoms. The molecule has 3 nitrogen and oxygen atoms in total. The second kappa shape index (κ2) is 5.92. The Hall–Kier alpha value is -1.78. The van der Waals surface area contributed by atoms with Crippen LogP contribution in [-0.4, -0.2) is 6.54 Å². The lowest BCUT2D eigenvalue weighted by molar-refractivity contribution is 0.566. The largest absolute Gasteiger partial charge is 0.461 e. The number of nitrogens with two attached hydrogens (primary N) is 1. The summed E-state index contributed by atoms with van der Waals surface area (Å²) in [4.78, 5) is 0. The summed E-state index contributed by atoms with van der Waals surface area (Å²) in [5, 5.41) is 4.61. The molecule has 0 saturated heterocycles. The highest BCUT2D eigenvalue weighted by Crippen LogP contribution is 2.32. The number of hydrogen-bond acceptors (Lipinski definition) is 3. The monoisotopic (exact) mass is 344 g/mol. The molecule has 3 rings (SSSR count). The molecule has 3 aromatic rings. The van der Waals surface area contributed by atoms with E-state index < -0.39 is 0 Å². The predicted octanol–water partition coefficient (Wildman–Crippen LogP) is 4.62.